The van der Waals surface area contributed by atoms with E-state index in [1.165, 1.54) is 0 Å². The van der Waals surface area contributed by atoms with Gasteiger partial charge in [0.05, 0.1) is 17.9 Å². The van der Waals surface area contributed by atoms with Crippen molar-refractivity contribution in [3.63, 3.8) is 0 Å². The minimum absolute atomic E-state index is 0.0823. The average molecular weight is 599 g/mol. The summed E-state index contributed by atoms with van der Waals surface area (Å²) >= 11 is 0. The molecule has 1 aliphatic heterocycles. The van der Waals surface area contributed by atoms with Crippen molar-refractivity contribution in [2.24, 2.45) is 5.92 Å². The largest absolute Gasteiger partial charge is 0.481 e. The molecule has 9 nitrogen and oxygen atoms in total. The molecule has 0 unspecified atom stereocenters. The molecule has 0 aliphatic carbocycles. The van der Waals surface area contributed by atoms with Crippen molar-refractivity contribution >= 4 is 35.1 Å². The van der Waals surface area contributed by atoms with E-state index in [4.69, 9.17) is 0 Å². The number of hydrogen-bond acceptors (Lipinski definition) is 5. The van der Waals surface area contributed by atoms with Gasteiger partial charge in [0.2, 0.25) is 5.91 Å². The van der Waals surface area contributed by atoms with Gasteiger partial charge in [0.25, 0.3) is 0 Å². The zero-order valence-corrected chi connectivity index (χ0v) is 25.6. The van der Waals surface area contributed by atoms with E-state index in [9.17, 15) is 24.3 Å². The lowest BCUT2D eigenvalue weighted by atomic mass is 9.86. The number of carboxylic acids is 1. The Bertz CT molecular complexity index is 1460. The zero-order chi connectivity index (χ0) is 31.7. The molecule has 3 amide bonds. The van der Waals surface area contributed by atoms with Crippen molar-refractivity contribution in [1.29, 1.82) is 0 Å². The number of Topliss-reactive ketones (excluding diaryl/α,β-unsaturated/α-hetero) is 1. The molecule has 1 heterocycles. The van der Waals surface area contributed by atoms with E-state index in [-0.39, 0.29) is 30.1 Å². The van der Waals surface area contributed by atoms with Crippen molar-refractivity contribution in [1.82, 2.24) is 10.2 Å². The van der Waals surface area contributed by atoms with Crippen molar-refractivity contribution in [3.05, 3.63) is 95.6 Å². The summed E-state index contributed by atoms with van der Waals surface area (Å²) in [6.45, 7) is 6.72. The van der Waals surface area contributed by atoms with E-state index in [1.54, 1.807) is 24.3 Å². The number of rotatable bonds is 12. The number of urea groups is 1. The second-order valence-corrected chi connectivity index (χ2v) is 12.0. The van der Waals surface area contributed by atoms with E-state index < -0.39 is 17.6 Å². The third-order valence-electron chi connectivity index (χ3n) is 8.33. The summed E-state index contributed by atoms with van der Waals surface area (Å²) in [5.74, 6) is -1.55. The summed E-state index contributed by atoms with van der Waals surface area (Å²) in [5.41, 5.74) is 2.96. The molecular weight excluding hydrogens is 556 g/mol. The van der Waals surface area contributed by atoms with Crippen LogP contribution in [0.4, 0.5) is 16.2 Å². The molecule has 1 aliphatic rings. The predicted octanol–water partition coefficient (Wildman–Crippen LogP) is 5.90. The van der Waals surface area contributed by atoms with Crippen LogP contribution in [0.3, 0.4) is 0 Å². The minimum Gasteiger partial charge on any atom is -0.481 e. The average Bonchev–Trinajstić information content (AvgIpc) is 3.01. The molecular formula is C35H42N4O5. The molecule has 4 rings (SSSR count). The number of para-hydroxylation sites is 1. The van der Waals surface area contributed by atoms with Gasteiger partial charge in [-0.15, -0.1) is 0 Å². The second kappa shape index (κ2) is 14.8. The summed E-state index contributed by atoms with van der Waals surface area (Å²) in [7, 11) is 0. The lowest BCUT2D eigenvalue weighted by molar-refractivity contribution is -0.138. The number of piperidine rings is 1. The van der Waals surface area contributed by atoms with E-state index in [0.29, 0.717) is 43.6 Å². The number of carbonyl (C=O) groups excluding carboxylic acids is 3. The molecule has 9 heteroatoms. The topological polar surface area (TPSA) is 128 Å². The molecule has 0 saturated carbocycles. The predicted molar refractivity (Wildman–Crippen MR) is 172 cm³/mol. The standard InChI is InChI=1S/C35H42N4O5/c1-24-10-7-8-14-30(24)38-34(44)37-28-19-16-26(17-20-28)32(42)35(2,3)39-21-9-13-27(23-39)33(43)36-29(22-31(40)41)18-15-25-11-5-4-6-12-25/h4-8,10-12,14,16-17,19-20,27,29H,9,13,15,18,21-23H2,1-3H3,(H,36,43)(H,40,41)(H2,37,38,44)/t27-,29-/m1/s1. The zero-order valence-electron chi connectivity index (χ0n) is 25.6. The van der Waals surface area contributed by atoms with Gasteiger partial charge in [-0.05, 0) is 94.5 Å². The lowest BCUT2D eigenvalue weighted by Crippen LogP contribution is -2.56. The summed E-state index contributed by atoms with van der Waals surface area (Å²) in [6.07, 6.45) is 2.48. The number of anilines is 2. The Balaban J connectivity index is 1.34. The molecule has 0 bridgehead atoms. The maximum atomic E-state index is 13.7. The summed E-state index contributed by atoms with van der Waals surface area (Å²) in [5, 5.41) is 18.0. The quantitative estimate of drug-likeness (QED) is 0.192. The molecule has 1 saturated heterocycles. The van der Waals surface area contributed by atoms with Crippen LogP contribution in [0.5, 0.6) is 0 Å². The molecule has 2 atom stereocenters. The van der Waals surface area contributed by atoms with E-state index in [0.717, 1.165) is 23.2 Å². The number of carboxylic acid groups (broad SMARTS) is 1. The maximum Gasteiger partial charge on any atom is 0.323 e. The summed E-state index contributed by atoms with van der Waals surface area (Å²) < 4.78 is 0. The smallest absolute Gasteiger partial charge is 0.323 e. The maximum absolute atomic E-state index is 13.7. The van der Waals surface area contributed by atoms with E-state index in [2.05, 4.69) is 16.0 Å². The van der Waals surface area contributed by atoms with Crippen LogP contribution in [0, 0.1) is 12.8 Å². The third kappa shape index (κ3) is 8.76. The first-order valence-electron chi connectivity index (χ1n) is 15.1. The van der Waals surface area contributed by atoms with Gasteiger partial charge >= 0.3 is 12.0 Å². The van der Waals surface area contributed by atoms with Gasteiger partial charge < -0.3 is 21.1 Å². The highest BCUT2D eigenvalue weighted by molar-refractivity contribution is 6.04. The van der Waals surface area contributed by atoms with Crippen LogP contribution in [-0.4, -0.2) is 58.4 Å². The van der Waals surface area contributed by atoms with Gasteiger partial charge in [0, 0.05) is 29.5 Å². The SMILES string of the molecule is Cc1ccccc1NC(=O)Nc1ccc(C(=O)C(C)(C)N2CCC[C@@H](C(=O)N[C@H](CCc3ccccc3)CC(=O)O)C2)cc1. The molecule has 0 aromatic heterocycles. The summed E-state index contributed by atoms with van der Waals surface area (Å²) in [4.78, 5) is 53.0. The lowest BCUT2D eigenvalue weighted by Gasteiger charge is -2.42. The first kappa shape index (κ1) is 32.4. The monoisotopic (exact) mass is 598 g/mol. The van der Waals surface area contributed by atoms with Gasteiger partial charge in [-0.3, -0.25) is 19.3 Å². The van der Waals surface area contributed by atoms with E-state index >= 15 is 0 Å². The van der Waals surface area contributed by atoms with Crippen molar-refractivity contribution in [3.8, 4) is 0 Å². The van der Waals surface area contributed by atoms with Crippen molar-refractivity contribution in [2.45, 2.75) is 64.5 Å². The highest BCUT2D eigenvalue weighted by Crippen LogP contribution is 2.28. The van der Waals surface area contributed by atoms with Gasteiger partial charge in [-0.2, -0.15) is 0 Å². The van der Waals surface area contributed by atoms with Crippen LogP contribution >= 0.6 is 0 Å². The summed E-state index contributed by atoms with van der Waals surface area (Å²) in [6, 6.07) is 23.2. The van der Waals surface area contributed by atoms with Crippen LogP contribution in [0.1, 0.15) is 61.0 Å². The number of likely N-dealkylation sites (tertiary alicyclic amines) is 1. The fraction of sp³-hybridized carbons (Fsp3) is 0.371. The van der Waals surface area contributed by atoms with Gasteiger partial charge in [-0.1, -0.05) is 48.5 Å². The molecule has 3 aromatic carbocycles. The number of nitrogens with zero attached hydrogens (tertiary/aromatic N) is 1. The van der Waals surface area contributed by atoms with Crippen molar-refractivity contribution < 1.29 is 24.3 Å². The number of hydrogen-bond donors (Lipinski definition) is 4. The van der Waals surface area contributed by atoms with Gasteiger partial charge in [0.15, 0.2) is 5.78 Å². The Kier molecular flexibility index (Phi) is 10.9. The fourth-order valence-corrected chi connectivity index (χ4v) is 5.64. The number of nitrogens with one attached hydrogen (secondary N) is 3. The molecule has 232 valence electrons. The van der Waals surface area contributed by atoms with Crippen LogP contribution in [-0.2, 0) is 16.0 Å². The third-order valence-corrected chi connectivity index (χ3v) is 8.33. The molecule has 3 aromatic rings. The molecule has 4 N–H and O–H groups in total. The Morgan fingerprint density at radius 1 is 0.932 bits per heavy atom. The van der Waals surface area contributed by atoms with Crippen LogP contribution in [0.25, 0.3) is 0 Å². The first-order valence-corrected chi connectivity index (χ1v) is 15.1. The molecule has 0 spiro atoms. The Hall–Kier alpha value is -4.50. The molecule has 0 radical (unpaired) electrons. The number of amides is 3. The van der Waals surface area contributed by atoms with Crippen molar-refractivity contribution in [2.75, 3.05) is 23.7 Å². The molecule has 44 heavy (non-hydrogen) atoms. The van der Waals surface area contributed by atoms with E-state index in [1.807, 2.05) is 80.3 Å². The number of aliphatic carboxylic acids is 1. The second-order valence-electron chi connectivity index (χ2n) is 12.0. The number of aryl methyl sites for hydroxylation is 2. The van der Waals surface area contributed by atoms with Crippen LogP contribution < -0.4 is 16.0 Å². The van der Waals surface area contributed by atoms with Crippen LogP contribution in [0.2, 0.25) is 0 Å². The number of benzene rings is 3. The Morgan fingerprint density at radius 3 is 2.30 bits per heavy atom. The Morgan fingerprint density at radius 2 is 1.61 bits per heavy atom. The number of ketones is 1. The van der Waals surface area contributed by atoms with Gasteiger partial charge in [0.1, 0.15) is 0 Å². The highest BCUT2D eigenvalue weighted by Gasteiger charge is 2.39. The fourth-order valence-electron chi connectivity index (χ4n) is 5.64. The van der Waals surface area contributed by atoms with Crippen LogP contribution in [0.15, 0.2) is 78.9 Å². The minimum atomic E-state index is -0.950. The normalized spacial score (nSPS) is 16.0. The van der Waals surface area contributed by atoms with Gasteiger partial charge in [-0.25, -0.2) is 4.79 Å². The molecule has 1 fully saturated rings. The Labute approximate surface area is 259 Å². The first-order chi connectivity index (χ1) is 21.0. The highest BCUT2D eigenvalue weighted by atomic mass is 16.4. The number of carbonyl (C=O) groups is 4.